The molecule has 228 valence electrons. The number of phosphoric ester groups is 1. The number of aliphatic hydroxyl groups is 1. The van der Waals surface area contributed by atoms with Gasteiger partial charge in [-0.25, -0.2) is 4.57 Å². The maximum Gasteiger partial charge on any atom is 0.472 e. The number of aliphatic hydroxyl groups excluding tert-OH is 1. The van der Waals surface area contributed by atoms with E-state index in [9.17, 15) is 19.4 Å². The number of carbonyl (C=O) groups excluding carboxylic acids is 1. The molecule has 0 saturated carbocycles. The van der Waals surface area contributed by atoms with E-state index in [1.165, 1.54) is 6.42 Å². The molecule has 8 nitrogen and oxygen atoms in total. The monoisotopic (exact) mass is 573 g/mol. The largest absolute Gasteiger partial charge is 0.472 e. The maximum absolute atomic E-state index is 12.6. The third kappa shape index (κ3) is 25.4. The van der Waals surface area contributed by atoms with Crippen LogP contribution in [-0.2, 0) is 18.4 Å². The minimum absolute atomic E-state index is 0.0560. The lowest BCUT2D eigenvalue weighted by atomic mass is 10.1. The molecular weight excluding hydrogens is 515 g/mol. The van der Waals surface area contributed by atoms with Gasteiger partial charge in [0.1, 0.15) is 13.2 Å². The predicted molar refractivity (Wildman–Crippen MR) is 161 cm³/mol. The number of carbonyl (C=O) groups is 1. The fraction of sp³-hybridized carbons (Fsp3) is 0.767. The van der Waals surface area contributed by atoms with Crippen molar-refractivity contribution in [3.63, 3.8) is 0 Å². The van der Waals surface area contributed by atoms with Gasteiger partial charge < -0.3 is 19.8 Å². The highest BCUT2D eigenvalue weighted by Crippen LogP contribution is 2.43. The number of allylic oxidation sites excluding steroid dienone is 5. The van der Waals surface area contributed by atoms with Crippen LogP contribution in [0.15, 0.2) is 36.5 Å². The lowest BCUT2D eigenvalue weighted by Crippen LogP contribution is -2.45. The van der Waals surface area contributed by atoms with Gasteiger partial charge in [0.25, 0.3) is 0 Å². The first-order valence-electron chi connectivity index (χ1n) is 14.9. The summed E-state index contributed by atoms with van der Waals surface area (Å²) >= 11 is 0. The normalized spacial score (nSPS) is 15.8. The molecule has 3 unspecified atom stereocenters. The molecule has 0 radical (unpaired) electrons. The number of nitrogens with zero attached hydrogens (tertiary/aromatic N) is 1. The topological polar surface area (TPSA) is 105 Å². The summed E-state index contributed by atoms with van der Waals surface area (Å²) in [6.07, 6.45) is 24.0. The average molecular weight is 574 g/mol. The summed E-state index contributed by atoms with van der Waals surface area (Å²) in [6.45, 7) is 4.53. The Kier molecular flexibility index (Phi) is 22.7. The minimum atomic E-state index is -4.31. The van der Waals surface area contributed by atoms with Crippen LogP contribution in [0.1, 0.15) is 97.3 Å². The Morgan fingerprint density at radius 2 is 1.51 bits per heavy atom. The van der Waals surface area contributed by atoms with Gasteiger partial charge in [0.15, 0.2) is 0 Å². The van der Waals surface area contributed by atoms with Crippen molar-refractivity contribution in [3.05, 3.63) is 36.5 Å². The molecule has 0 aliphatic heterocycles. The van der Waals surface area contributed by atoms with E-state index in [1.54, 1.807) is 6.08 Å². The molecule has 0 fully saturated rings. The minimum Gasteiger partial charge on any atom is -0.387 e. The maximum atomic E-state index is 12.6. The Morgan fingerprint density at radius 1 is 0.872 bits per heavy atom. The van der Waals surface area contributed by atoms with Gasteiger partial charge in [-0.3, -0.25) is 13.8 Å². The molecule has 0 spiro atoms. The molecular formula is C30H58N2O6P+. The van der Waals surface area contributed by atoms with Crippen LogP contribution in [0, 0.1) is 0 Å². The second kappa shape index (κ2) is 23.4. The van der Waals surface area contributed by atoms with Crippen LogP contribution in [-0.4, -0.2) is 73.4 Å². The van der Waals surface area contributed by atoms with Crippen molar-refractivity contribution in [3.8, 4) is 0 Å². The van der Waals surface area contributed by atoms with Crippen LogP contribution in [0.3, 0.4) is 0 Å². The molecule has 0 bridgehead atoms. The highest BCUT2D eigenvalue weighted by atomic mass is 31.2. The van der Waals surface area contributed by atoms with Crippen molar-refractivity contribution >= 4 is 13.7 Å². The number of hydrogen-bond acceptors (Lipinski definition) is 5. The summed E-state index contributed by atoms with van der Waals surface area (Å²) in [5.41, 5.74) is 0. The number of amides is 1. The Bertz CT molecular complexity index is 748. The standard InChI is InChI=1S/C30H57N2O6P/c1-6-8-10-12-13-14-15-16-17-18-19-20-22-24-30(34)31-28(29(33)23-21-11-9-7-2)27-38-39(35,36)37-26-25-32(3,4)5/h10,12,14-15,21,23,28-29,33H,6-9,11,13,16-20,22,24-27H2,1-5H3,(H-,31,34,35,36)/p+1/b12-10-,15-14-,23-21+. The van der Waals surface area contributed by atoms with Crippen molar-refractivity contribution in [2.75, 3.05) is 40.9 Å². The van der Waals surface area contributed by atoms with Gasteiger partial charge in [-0.1, -0.05) is 88.8 Å². The Balaban J connectivity index is 4.48. The molecule has 0 saturated heterocycles. The molecule has 0 aromatic heterocycles. The van der Waals surface area contributed by atoms with E-state index in [1.807, 2.05) is 27.2 Å². The van der Waals surface area contributed by atoms with Crippen molar-refractivity contribution in [1.29, 1.82) is 0 Å². The van der Waals surface area contributed by atoms with Crippen molar-refractivity contribution in [1.82, 2.24) is 5.32 Å². The van der Waals surface area contributed by atoms with Crippen LogP contribution in [0.25, 0.3) is 0 Å². The second-order valence-corrected chi connectivity index (χ2v) is 12.6. The summed E-state index contributed by atoms with van der Waals surface area (Å²) < 4.78 is 23.1. The molecule has 39 heavy (non-hydrogen) atoms. The molecule has 3 N–H and O–H groups in total. The first-order chi connectivity index (χ1) is 18.5. The summed E-state index contributed by atoms with van der Waals surface area (Å²) in [5.74, 6) is -0.206. The number of likely N-dealkylation sites (N-methyl/N-ethyl adjacent to an activating group) is 1. The molecule has 0 aromatic rings. The molecule has 1 amide bonds. The number of unbranched alkanes of at least 4 members (excludes halogenated alkanes) is 8. The number of phosphoric acid groups is 1. The number of nitrogens with one attached hydrogen (secondary N) is 1. The Labute approximate surface area is 238 Å². The molecule has 0 aromatic carbocycles. The van der Waals surface area contributed by atoms with E-state index in [0.29, 0.717) is 17.4 Å². The predicted octanol–water partition coefficient (Wildman–Crippen LogP) is 6.45. The lowest BCUT2D eigenvalue weighted by molar-refractivity contribution is -0.870. The van der Waals surface area contributed by atoms with E-state index < -0.39 is 20.0 Å². The van der Waals surface area contributed by atoms with Gasteiger partial charge in [-0.15, -0.1) is 0 Å². The number of rotatable bonds is 25. The van der Waals surface area contributed by atoms with Crippen molar-refractivity contribution < 1.29 is 32.9 Å². The van der Waals surface area contributed by atoms with Crippen LogP contribution < -0.4 is 5.32 Å². The first kappa shape index (κ1) is 37.7. The molecule has 0 aliphatic carbocycles. The second-order valence-electron chi connectivity index (χ2n) is 11.1. The highest BCUT2D eigenvalue weighted by molar-refractivity contribution is 7.47. The van der Waals surface area contributed by atoms with Crippen LogP contribution in [0.2, 0.25) is 0 Å². The van der Waals surface area contributed by atoms with E-state index in [0.717, 1.165) is 70.6 Å². The quantitative estimate of drug-likeness (QED) is 0.0502. The van der Waals surface area contributed by atoms with Gasteiger partial charge in [0.05, 0.1) is 39.9 Å². The van der Waals surface area contributed by atoms with E-state index >= 15 is 0 Å². The number of quaternary nitrogens is 1. The van der Waals surface area contributed by atoms with E-state index in [2.05, 4.69) is 43.5 Å². The van der Waals surface area contributed by atoms with E-state index in [-0.39, 0.29) is 19.1 Å². The van der Waals surface area contributed by atoms with Crippen LogP contribution in [0.4, 0.5) is 0 Å². The average Bonchev–Trinajstić information content (AvgIpc) is 2.86. The summed E-state index contributed by atoms with van der Waals surface area (Å²) in [5, 5.41) is 13.4. The fourth-order valence-corrected chi connectivity index (χ4v) is 4.33. The third-order valence-corrected chi connectivity index (χ3v) is 7.07. The first-order valence-corrected chi connectivity index (χ1v) is 16.4. The van der Waals surface area contributed by atoms with Gasteiger partial charge in [0.2, 0.25) is 5.91 Å². The summed E-state index contributed by atoms with van der Waals surface area (Å²) in [7, 11) is 1.54. The van der Waals surface area contributed by atoms with Gasteiger partial charge >= 0.3 is 7.82 Å². The van der Waals surface area contributed by atoms with Crippen molar-refractivity contribution in [2.24, 2.45) is 0 Å². The van der Waals surface area contributed by atoms with Crippen molar-refractivity contribution in [2.45, 2.75) is 109 Å². The Hall–Kier alpha value is -1.28. The smallest absolute Gasteiger partial charge is 0.387 e. The third-order valence-electron chi connectivity index (χ3n) is 6.09. The molecule has 9 heteroatoms. The highest BCUT2D eigenvalue weighted by Gasteiger charge is 2.27. The number of hydrogen-bond donors (Lipinski definition) is 3. The Morgan fingerprint density at radius 3 is 2.18 bits per heavy atom. The molecule has 0 aliphatic rings. The van der Waals surface area contributed by atoms with Gasteiger partial charge in [-0.2, -0.15) is 0 Å². The van der Waals surface area contributed by atoms with E-state index in [4.69, 9.17) is 9.05 Å². The van der Waals surface area contributed by atoms with Gasteiger partial charge in [-0.05, 0) is 38.5 Å². The summed E-state index contributed by atoms with van der Waals surface area (Å²) in [4.78, 5) is 22.6. The zero-order chi connectivity index (χ0) is 29.4. The zero-order valence-corrected chi connectivity index (χ0v) is 26.2. The molecule has 0 heterocycles. The lowest BCUT2D eigenvalue weighted by Gasteiger charge is -2.25. The van der Waals surface area contributed by atoms with Crippen LogP contribution in [0.5, 0.6) is 0 Å². The SMILES string of the molecule is CCC/C=C\C/C=C\CCCCCCCC(=O)NC(COP(=O)(O)OCC[N+](C)(C)C)C(O)/C=C/CCCC. The fourth-order valence-electron chi connectivity index (χ4n) is 3.59. The van der Waals surface area contributed by atoms with Gasteiger partial charge in [0, 0.05) is 6.42 Å². The zero-order valence-electron chi connectivity index (χ0n) is 25.4. The van der Waals surface area contributed by atoms with Crippen LogP contribution >= 0.6 is 7.82 Å². The summed E-state index contributed by atoms with van der Waals surface area (Å²) in [6, 6.07) is -0.846. The molecule has 0 rings (SSSR count). The molecule has 3 atom stereocenters.